The Kier molecular flexibility index (Phi) is 4.99. The van der Waals surface area contributed by atoms with Crippen molar-refractivity contribution in [2.45, 2.75) is 100 Å². The highest BCUT2D eigenvalue weighted by atomic mass is 16.6. The number of hydrogen-bond donors (Lipinski definition) is 0. The van der Waals surface area contributed by atoms with Gasteiger partial charge in [0.05, 0.1) is 13.2 Å². The molecule has 10 fully saturated rings. The molecule has 2 aromatic carbocycles. The zero-order valence-electron chi connectivity index (χ0n) is 23.9. The third-order valence-corrected chi connectivity index (χ3v) is 13.0. The van der Waals surface area contributed by atoms with Crippen molar-refractivity contribution < 1.29 is 18.9 Å². The Labute approximate surface area is 238 Å². The van der Waals surface area contributed by atoms with Crippen LogP contribution in [0.5, 0.6) is 11.5 Å². The molecule has 0 aromatic heterocycles. The summed E-state index contributed by atoms with van der Waals surface area (Å²) in [5, 5.41) is 2.76. The molecule has 8 saturated carbocycles. The van der Waals surface area contributed by atoms with E-state index >= 15 is 0 Å². The van der Waals surface area contributed by atoms with Gasteiger partial charge in [0.25, 0.3) is 0 Å². The Morgan fingerprint density at radius 1 is 0.600 bits per heavy atom. The summed E-state index contributed by atoms with van der Waals surface area (Å²) in [6, 6.07) is 9.99. The first-order chi connectivity index (χ1) is 19.6. The molecule has 2 heterocycles. The summed E-state index contributed by atoms with van der Waals surface area (Å²) in [5.41, 5.74) is 4.06. The molecule has 4 heteroatoms. The van der Waals surface area contributed by atoms with Crippen LogP contribution in [0.4, 0.5) is 0 Å². The van der Waals surface area contributed by atoms with Gasteiger partial charge >= 0.3 is 0 Å². The van der Waals surface area contributed by atoms with Crippen LogP contribution >= 0.6 is 0 Å². The topological polar surface area (TPSA) is 43.5 Å². The Morgan fingerprint density at radius 3 is 1.62 bits per heavy atom. The average molecular weight is 541 g/mol. The van der Waals surface area contributed by atoms with Crippen LogP contribution in [0.3, 0.4) is 0 Å². The maximum absolute atomic E-state index is 6.68. The summed E-state index contributed by atoms with van der Waals surface area (Å²) in [6.07, 6.45) is 17.8. The number of epoxide rings is 2. The van der Waals surface area contributed by atoms with Crippen LogP contribution in [0, 0.1) is 35.5 Å². The van der Waals surface area contributed by atoms with Crippen molar-refractivity contribution in [3.05, 3.63) is 35.4 Å². The van der Waals surface area contributed by atoms with Gasteiger partial charge in [-0.15, -0.1) is 0 Å². The number of ether oxygens (including phenoxy) is 4. The molecule has 2 aliphatic heterocycles. The second kappa shape index (κ2) is 8.40. The molecule has 40 heavy (non-hydrogen) atoms. The minimum absolute atomic E-state index is 0.226. The number of benzene rings is 2. The van der Waals surface area contributed by atoms with Crippen molar-refractivity contribution in [2.75, 3.05) is 26.4 Å². The molecule has 2 unspecified atom stereocenters. The normalized spacial score (nSPS) is 45.3. The van der Waals surface area contributed by atoms with E-state index in [0.29, 0.717) is 24.0 Å². The largest absolute Gasteiger partial charge is 0.487 e. The van der Waals surface area contributed by atoms with E-state index in [0.717, 1.165) is 60.2 Å². The van der Waals surface area contributed by atoms with Crippen molar-refractivity contribution in [3.8, 4) is 11.5 Å². The van der Waals surface area contributed by atoms with Crippen molar-refractivity contribution in [3.63, 3.8) is 0 Å². The fraction of sp³-hybridized carbons (Fsp3) is 0.722. The minimum Gasteiger partial charge on any atom is -0.487 e. The van der Waals surface area contributed by atoms with Gasteiger partial charge in [-0.05, 0) is 152 Å². The van der Waals surface area contributed by atoms with E-state index in [1.54, 1.807) is 11.1 Å². The van der Waals surface area contributed by atoms with Crippen LogP contribution in [-0.4, -0.2) is 38.6 Å². The lowest BCUT2D eigenvalue weighted by Gasteiger charge is -2.59. The second-order valence-electron chi connectivity index (χ2n) is 15.9. The molecular weight excluding hydrogens is 496 g/mol. The molecule has 2 saturated heterocycles. The van der Waals surface area contributed by atoms with E-state index in [9.17, 15) is 0 Å². The molecule has 0 spiro atoms. The summed E-state index contributed by atoms with van der Waals surface area (Å²) in [7, 11) is 0. The first-order valence-electron chi connectivity index (χ1n) is 16.7. The Balaban J connectivity index is 1.16. The molecule has 2 atom stereocenters. The standard InChI is InChI=1S/C36H44O4/c1-2-33(39-19-28-17-37-28)34(40-20-29-18-38-29)31-9-27(35-11-21-3-22(12-35)5-23(4-21)13-35)10-32(30(1)31)36-14-24-6-25(15-36)8-26(7-24)16-36/h1-2,9-10,21-26,28-29H,3-8,11-20H2. The van der Waals surface area contributed by atoms with E-state index < -0.39 is 0 Å². The summed E-state index contributed by atoms with van der Waals surface area (Å²) in [6.45, 7) is 2.85. The summed E-state index contributed by atoms with van der Waals surface area (Å²) >= 11 is 0. The van der Waals surface area contributed by atoms with Gasteiger partial charge in [0.1, 0.15) is 25.4 Å². The Bertz CT molecular complexity index is 1280. The molecule has 0 radical (unpaired) electrons. The predicted octanol–water partition coefficient (Wildman–Crippen LogP) is 7.33. The minimum atomic E-state index is 0.226. The summed E-state index contributed by atoms with van der Waals surface area (Å²) in [5.74, 6) is 7.51. The molecule has 10 aliphatic rings. The lowest BCUT2D eigenvalue weighted by molar-refractivity contribution is -0.00788. The van der Waals surface area contributed by atoms with E-state index in [4.69, 9.17) is 18.9 Å². The van der Waals surface area contributed by atoms with Crippen LogP contribution in [0.1, 0.15) is 88.2 Å². The van der Waals surface area contributed by atoms with Gasteiger partial charge in [-0.25, -0.2) is 0 Å². The SMILES string of the molecule is c1cc2c(C34CC5CC(CC(C5)C3)C4)cc(C34CC5CC(CC(C5)C3)C4)cc2c(OCC2CO2)c1OCC1CO1. The molecule has 0 N–H and O–H groups in total. The zero-order chi connectivity index (χ0) is 26.1. The highest BCUT2D eigenvalue weighted by Crippen LogP contribution is 2.64. The fourth-order valence-electron chi connectivity index (χ4n) is 12.0. The van der Waals surface area contributed by atoms with Crippen LogP contribution in [-0.2, 0) is 20.3 Å². The summed E-state index contributed by atoms with van der Waals surface area (Å²) < 4.78 is 24.2. The maximum atomic E-state index is 6.68. The van der Waals surface area contributed by atoms with Crippen molar-refractivity contribution in [1.82, 2.24) is 0 Å². The van der Waals surface area contributed by atoms with Crippen LogP contribution in [0.25, 0.3) is 10.8 Å². The van der Waals surface area contributed by atoms with E-state index in [2.05, 4.69) is 24.3 Å². The predicted molar refractivity (Wildman–Crippen MR) is 154 cm³/mol. The molecule has 0 amide bonds. The molecule has 12 rings (SSSR count). The van der Waals surface area contributed by atoms with E-state index in [-0.39, 0.29) is 12.2 Å². The van der Waals surface area contributed by atoms with Gasteiger partial charge in [-0.1, -0.05) is 12.1 Å². The van der Waals surface area contributed by atoms with Crippen LogP contribution in [0.15, 0.2) is 24.3 Å². The third-order valence-electron chi connectivity index (χ3n) is 13.0. The first-order valence-corrected chi connectivity index (χ1v) is 16.7. The quantitative estimate of drug-likeness (QED) is 0.329. The van der Waals surface area contributed by atoms with Crippen molar-refractivity contribution >= 4 is 10.8 Å². The fourth-order valence-corrected chi connectivity index (χ4v) is 12.0. The van der Waals surface area contributed by atoms with Gasteiger partial charge in [0.15, 0.2) is 11.5 Å². The average Bonchev–Trinajstić information content (AvgIpc) is 3.84. The highest BCUT2D eigenvalue weighted by molar-refractivity contribution is 5.95. The number of rotatable bonds is 8. The monoisotopic (exact) mass is 540 g/mol. The smallest absolute Gasteiger partial charge is 0.169 e. The maximum Gasteiger partial charge on any atom is 0.169 e. The highest BCUT2D eigenvalue weighted by Gasteiger charge is 2.54. The van der Waals surface area contributed by atoms with Gasteiger partial charge in [0.2, 0.25) is 0 Å². The van der Waals surface area contributed by atoms with Crippen LogP contribution in [0.2, 0.25) is 0 Å². The van der Waals surface area contributed by atoms with Gasteiger partial charge in [-0.2, -0.15) is 0 Å². The molecule has 2 aromatic rings. The van der Waals surface area contributed by atoms with Gasteiger partial charge < -0.3 is 18.9 Å². The Hall–Kier alpha value is -1.78. The summed E-state index contributed by atoms with van der Waals surface area (Å²) in [4.78, 5) is 0. The molecule has 4 nitrogen and oxygen atoms in total. The molecule has 8 bridgehead atoms. The number of fused-ring (bicyclic) bond motifs is 1. The van der Waals surface area contributed by atoms with E-state index in [1.807, 2.05) is 0 Å². The van der Waals surface area contributed by atoms with Crippen molar-refractivity contribution in [2.24, 2.45) is 35.5 Å². The molecule has 8 aliphatic carbocycles. The Morgan fingerprint density at radius 2 is 1.10 bits per heavy atom. The molecular formula is C36H44O4. The van der Waals surface area contributed by atoms with Crippen LogP contribution < -0.4 is 9.47 Å². The zero-order valence-corrected chi connectivity index (χ0v) is 23.9. The van der Waals surface area contributed by atoms with Gasteiger partial charge in [0, 0.05) is 5.39 Å². The first kappa shape index (κ1) is 23.7. The third kappa shape index (κ3) is 3.77. The van der Waals surface area contributed by atoms with Gasteiger partial charge in [-0.3, -0.25) is 0 Å². The van der Waals surface area contributed by atoms with E-state index in [1.165, 1.54) is 87.8 Å². The lowest BCUT2D eigenvalue weighted by Crippen LogP contribution is -2.50. The second-order valence-corrected chi connectivity index (χ2v) is 15.9. The molecule has 212 valence electrons. The lowest BCUT2D eigenvalue weighted by atomic mass is 9.46. The van der Waals surface area contributed by atoms with Crippen molar-refractivity contribution in [1.29, 1.82) is 0 Å². The number of hydrogen-bond acceptors (Lipinski definition) is 4.